The van der Waals surface area contributed by atoms with E-state index in [1.807, 2.05) is 12.1 Å². The molecule has 3 rings (SSSR count). The fraction of sp³-hybridized carbons (Fsp3) is 0.250. The van der Waals surface area contributed by atoms with Gasteiger partial charge in [-0.05, 0) is 23.8 Å². The maximum atomic E-state index is 5.50. The number of fused-ring (bicyclic) bond motifs is 1. The Labute approximate surface area is 93.0 Å². The second-order valence-electron chi connectivity index (χ2n) is 3.74. The van der Waals surface area contributed by atoms with Crippen LogP contribution in [-0.4, -0.2) is 11.6 Å². The fourth-order valence-electron chi connectivity index (χ4n) is 1.88. The molecule has 0 saturated carbocycles. The Morgan fingerprint density at radius 2 is 2.31 bits per heavy atom. The molecule has 4 heteroatoms. The predicted molar refractivity (Wildman–Crippen MR) is 59.0 cm³/mol. The normalized spacial score (nSPS) is 13.6. The lowest BCUT2D eigenvalue weighted by Gasteiger charge is -2.00. The Hall–Kier alpha value is -1.81. The largest absolute Gasteiger partial charge is 0.493 e. The Balaban J connectivity index is 2.00. The van der Waals surface area contributed by atoms with Crippen LogP contribution in [0.4, 0.5) is 0 Å². The highest BCUT2D eigenvalue weighted by molar-refractivity contribution is 5.60. The van der Waals surface area contributed by atoms with Gasteiger partial charge in [0.05, 0.1) is 19.3 Å². The molecule has 1 aliphatic heterocycles. The van der Waals surface area contributed by atoms with Gasteiger partial charge in [0.25, 0.3) is 0 Å². The highest BCUT2D eigenvalue weighted by Crippen LogP contribution is 2.30. The number of oxazole rings is 1. The number of aromatic nitrogens is 1. The van der Waals surface area contributed by atoms with Gasteiger partial charge in [-0.25, -0.2) is 4.98 Å². The lowest BCUT2D eigenvalue weighted by atomic mass is 10.1. The molecule has 1 aromatic heterocycles. The number of benzene rings is 1. The zero-order chi connectivity index (χ0) is 11.0. The molecule has 0 fully saturated rings. The average Bonchev–Trinajstić information content (AvgIpc) is 2.96. The third-order valence-corrected chi connectivity index (χ3v) is 2.70. The molecule has 2 aromatic rings. The summed E-state index contributed by atoms with van der Waals surface area (Å²) in [4.78, 5) is 4.08. The van der Waals surface area contributed by atoms with E-state index in [1.54, 1.807) is 6.20 Å². The molecular formula is C12H12N2O2. The number of ether oxygens (including phenoxy) is 1. The second-order valence-corrected chi connectivity index (χ2v) is 3.74. The average molecular weight is 216 g/mol. The van der Waals surface area contributed by atoms with Gasteiger partial charge in [0.15, 0.2) is 5.76 Å². The molecule has 0 radical (unpaired) electrons. The van der Waals surface area contributed by atoms with Crippen molar-refractivity contribution in [3.8, 4) is 17.1 Å². The van der Waals surface area contributed by atoms with E-state index in [0.717, 1.165) is 30.1 Å². The summed E-state index contributed by atoms with van der Waals surface area (Å²) >= 11 is 0. The van der Waals surface area contributed by atoms with Crippen LogP contribution in [0, 0.1) is 0 Å². The first kappa shape index (κ1) is 9.42. The molecule has 1 aliphatic rings. The van der Waals surface area contributed by atoms with Gasteiger partial charge in [-0.1, -0.05) is 0 Å². The molecule has 1 aromatic carbocycles. The molecular weight excluding hydrogens is 204 g/mol. The second kappa shape index (κ2) is 3.64. The van der Waals surface area contributed by atoms with Crippen molar-refractivity contribution >= 4 is 0 Å². The van der Waals surface area contributed by atoms with Crippen LogP contribution >= 0.6 is 0 Å². The Morgan fingerprint density at radius 3 is 3.12 bits per heavy atom. The van der Waals surface area contributed by atoms with Crippen LogP contribution in [0.3, 0.4) is 0 Å². The minimum atomic E-state index is 0.327. The van der Waals surface area contributed by atoms with E-state index < -0.39 is 0 Å². The number of nitrogens with two attached hydrogens (primary N) is 1. The van der Waals surface area contributed by atoms with Gasteiger partial charge in [0, 0.05) is 12.0 Å². The van der Waals surface area contributed by atoms with Crippen LogP contribution in [0.1, 0.15) is 11.5 Å². The number of hydrogen-bond donors (Lipinski definition) is 1. The topological polar surface area (TPSA) is 61.3 Å². The summed E-state index contributed by atoms with van der Waals surface area (Å²) in [5, 5.41) is 0. The lowest BCUT2D eigenvalue weighted by Crippen LogP contribution is -1.94. The molecule has 0 amide bonds. The van der Waals surface area contributed by atoms with E-state index in [-0.39, 0.29) is 0 Å². The van der Waals surface area contributed by atoms with E-state index in [4.69, 9.17) is 14.9 Å². The van der Waals surface area contributed by atoms with Crippen LogP contribution in [0.5, 0.6) is 5.75 Å². The van der Waals surface area contributed by atoms with Crippen LogP contribution in [0.2, 0.25) is 0 Å². The van der Waals surface area contributed by atoms with Crippen molar-refractivity contribution in [3.63, 3.8) is 0 Å². The van der Waals surface area contributed by atoms with Crippen LogP contribution < -0.4 is 10.5 Å². The Morgan fingerprint density at radius 1 is 1.38 bits per heavy atom. The summed E-state index contributed by atoms with van der Waals surface area (Å²) in [6.45, 7) is 1.09. The summed E-state index contributed by atoms with van der Waals surface area (Å²) in [6, 6.07) is 6.04. The first-order valence-electron chi connectivity index (χ1n) is 5.27. The third-order valence-electron chi connectivity index (χ3n) is 2.70. The Bertz CT molecular complexity index is 519. The van der Waals surface area contributed by atoms with Crippen molar-refractivity contribution in [2.75, 3.05) is 6.61 Å². The van der Waals surface area contributed by atoms with Gasteiger partial charge in [0.2, 0.25) is 5.89 Å². The van der Waals surface area contributed by atoms with Crippen LogP contribution in [0.25, 0.3) is 11.3 Å². The maximum Gasteiger partial charge on any atom is 0.208 e. The van der Waals surface area contributed by atoms with Gasteiger partial charge in [0.1, 0.15) is 5.75 Å². The minimum absolute atomic E-state index is 0.327. The molecule has 0 saturated heterocycles. The lowest BCUT2D eigenvalue weighted by molar-refractivity contribution is 0.357. The minimum Gasteiger partial charge on any atom is -0.493 e. The smallest absolute Gasteiger partial charge is 0.208 e. The van der Waals surface area contributed by atoms with Gasteiger partial charge < -0.3 is 14.9 Å². The summed E-state index contributed by atoms with van der Waals surface area (Å²) in [6.07, 6.45) is 2.67. The molecule has 4 nitrogen and oxygen atoms in total. The molecule has 2 N–H and O–H groups in total. The van der Waals surface area contributed by atoms with E-state index in [0.29, 0.717) is 12.4 Å². The number of nitrogens with zero attached hydrogens (tertiary/aromatic N) is 1. The highest BCUT2D eigenvalue weighted by Gasteiger charge is 2.14. The standard InChI is InChI=1S/C12H12N2O2/c13-6-12-14-7-11(16-12)8-1-2-10-9(5-8)3-4-15-10/h1-2,5,7H,3-4,6,13H2. The van der Waals surface area contributed by atoms with Gasteiger partial charge >= 0.3 is 0 Å². The van der Waals surface area contributed by atoms with Crippen LogP contribution in [0.15, 0.2) is 28.8 Å². The van der Waals surface area contributed by atoms with Crippen molar-refractivity contribution in [1.82, 2.24) is 4.98 Å². The molecule has 0 bridgehead atoms. The SMILES string of the molecule is NCc1ncc(-c2ccc3c(c2)CCO3)o1. The zero-order valence-electron chi connectivity index (χ0n) is 8.77. The zero-order valence-corrected chi connectivity index (χ0v) is 8.77. The molecule has 0 unspecified atom stereocenters. The molecule has 0 aliphatic carbocycles. The summed E-state index contributed by atoms with van der Waals surface area (Å²) < 4.78 is 11.0. The molecule has 16 heavy (non-hydrogen) atoms. The summed E-state index contributed by atoms with van der Waals surface area (Å²) in [7, 11) is 0. The quantitative estimate of drug-likeness (QED) is 0.830. The van der Waals surface area contributed by atoms with Gasteiger partial charge in [-0.3, -0.25) is 0 Å². The van der Waals surface area contributed by atoms with E-state index in [2.05, 4.69) is 11.1 Å². The fourth-order valence-corrected chi connectivity index (χ4v) is 1.88. The summed E-state index contributed by atoms with van der Waals surface area (Å²) in [5.74, 6) is 2.30. The van der Waals surface area contributed by atoms with E-state index >= 15 is 0 Å². The Kier molecular flexibility index (Phi) is 2.15. The van der Waals surface area contributed by atoms with Crippen molar-refractivity contribution in [2.45, 2.75) is 13.0 Å². The first-order chi connectivity index (χ1) is 7.86. The number of rotatable bonds is 2. The van der Waals surface area contributed by atoms with Crippen molar-refractivity contribution < 1.29 is 9.15 Å². The highest BCUT2D eigenvalue weighted by atomic mass is 16.5. The van der Waals surface area contributed by atoms with Crippen molar-refractivity contribution in [1.29, 1.82) is 0 Å². The van der Waals surface area contributed by atoms with E-state index in [1.165, 1.54) is 5.56 Å². The monoisotopic (exact) mass is 216 g/mol. The molecule has 82 valence electrons. The van der Waals surface area contributed by atoms with Crippen molar-refractivity contribution in [3.05, 3.63) is 35.9 Å². The van der Waals surface area contributed by atoms with Gasteiger partial charge in [-0.15, -0.1) is 0 Å². The van der Waals surface area contributed by atoms with Gasteiger partial charge in [-0.2, -0.15) is 0 Å². The van der Waals surface area contributed by atoms with Crippen molar-refractivity contribution in [2.24, 2.45) is 5.73 Å². The van der Waals surface area contributed by atoms with Crippen LogP contribution in [-0.2, 0) is 13.0 Å². The first-order valence-corrected chi connectivity index (χ1v) is 5.27. The summed E-state index contributed by atoms with van der Waals surface area (Å²) in [5.41, 5.74) is 7.70. The molecule has 0 atom stereocenters. The maximum absolute atomic E-state index is 5.50. The predicted octanol–water partition coefficient (Wildman–Crippen LogP) is 1.74. The third kappa shape index (κ3) is 1.47. The number of hydrogen-bond acceptors (Lipinski definition) is 4. The van der Waals surface area contributed by atoms with E-state index in [9.17, 15) is 0 Å². The molecule has 0 spiro atoms. The molecule has 2 heterocycles.